The van der Waals surface area contributed by atoms with E-state index in [1.807, 2.05) is 18.2 Å². The van der Waals surface area contributed by atoms with Gasteiger partial charge in [0, 0.05) is 45.3 Å². The van der Waals surface area contributed by atoms with E-state index in [9.17, 15) is 14.4 Å². The van der Waals surface area contributed by atoms with E-state index >= 15 is 0 Å². The van der Waals surface area contributed by atoms with Crippen molar-refractivity contribution in [3.8, 4) is 0 Å². The maximum absolute atomic E-state index is 13.1. The normalized spacial score (nSPS) is 27.2. The zero-order valence-electron chi connectivity index (χ0n) is 16.0. The summed E-state index contributed by atoms with van der Waals surface area (Å²) in [6.07, 6.45) is 1.59. The van der Waals surface area contributed by atoms with Gasteiger partial charge in [0.25, 0.3) is 5.91 Å². The van der Waals surface area contributed by atoms with Gasteiger partial charge in [-0.25, -0.2) is 0 Å². The number of fused-ring (bicyclic) bond motifs is 1. The predicted molar refractivity (Wildman–Crippen MR) is 101 cm³/mol. The molecule has 3 aliphatic heterocycles. The van der Waals surface area contributed by atoms with E-state index < -0.39 is 6.04 Å². The molecule has 1 aromatic carbocycles. The highest BCUT2D eigenvalue weighted by molar-refractivity contribution is 6.05. The second kappa shape index (κ2) is 7.62. The Morgan fingerprint density at radius 1 is 1.32 bits per heavy atom. The first kappa shape index (κ1) is 19.0. The summed E-state index contributed by atoms with van der Waals surface area (Å²) in [5.41, 5.74) is 2.32. The Morgan fingerprint density at radius 3 is 2.89 bits per heavy atom. The zero-order valence-corrected chi connectivity index (χ0v) is 16.0. The van der Waals surface area contributed by atoms with Crippen molar-refractivity contribution in [2.24, 2.45) is 0 Å². The zero-order chi connectivity index (χ0) is 19.7. The first-order valence-corrected chi connectivity index (χ1v) is 9.75. The van der Waals surface area contributed by atoms with Gasteiger partial charge in [0.1, 0.15) is 6.04 Å². The van der Waals surface area contributed by atoms with E-state index in [0.717, 1.165) is 30.6 Å². The number of imide groups is 1. The summed E-state index contributed by atoms with van der Waals surface area (Å²) >= 11 is 0. The van der Waals surface area contributed by atoms with Crippen LogP contribution < -0.4 is 16.0 Å². The average Bonchev–Trinajstić information content (AvgIpc) is 3.28. The van der Waals surface area contributed by atoms with Crippen LogP contribution in [0.15, 0.2) is 18.2 Å². The molecule has 0 bridgehead atoms. The van der Waals surface area contributed by atoms with Crippen molar-refractivity contribution < 1.29 is 19.1 Å². The number of carbonyl (C=O) groups excluding carboxylic acids is 3. The fourth-order valence-corrected chi connectivity index (χ4v) is 4.38. The lowest BCUT2D eigenvalue weighted by Gasteiger charge is -2.29. The number of ether oxygens (including phenoxy) is 1. The van der Waals surface area contributed by atoms with Crippen LogP contribution in [0.3, 0.4) is 0 Å². The molecule has 0 spiro atoms. The molecule has 2 fully saturated rings. The van der Waals surface area contributed by atoms with Gasteiger partial charge in [0.05, 0.1) is 5.60 Å². The SMILES string of the molecule is COC1(CNCc2cccc3c2C(=O)N(C2CCC(=O)NC2=O)C3)CCNC1. The number of nitrogens with zero attached hydrogens (tertiary/aromatic N) is 1. The van der Waals surface area contributed by atoms with Crippen LogP contribution in [-0.4, -0.2) is 61.0 Å². The minimum absolute atomic E-state index is 0.133. The number of hydrogen-bond donors (Lipinski definition) is 3. The molecule has 3 heterocycles. The van der Waals surface area contributed by atoms with E-state index in [4.69, 9.17) is 4.74 Å². The monoisotopic (exact) mass is 386 g/mol. The molecule has 0 saturated carbocycles. The highest BCUT2D eigenvalue weighted by atomic mass is 16.5. The Kier molecular flexibility index (Phi) is 5.18. The van der Waals surface area contributed by atoms with Gasteiger partial charge in [0.2, 0.25) is 11.8 Å². The van der Waals surface area contributed by atoms with Crippen LogP contribution in [0.1, 0.15) is 40.7 Å². The third kappa shape index (κ3) is 3.43. The molecule has 0 aliphatic carbocycles. The van der Waals surface area contributed by atoms with E-state index in [0.29, 0.717) is 31.6 Å². The fraction of sp³-hybridized carbons (Fsp3) is 0.550. The molecule has 1 aromatic rings. The summed E-state index contributed by atoms with van der Waals surface area (Å²) in [4.78, 5) is 38.3. The number of hydrogen-bond acceptors (Lipinski definition) is 6. The van der Waals surface area contributed by atoms with Crippen LogP contribution in [0.2, 0.25) is 0 Å². The summed E-state index contributed by atoms with van der Waals surface area (Å²) < 4.78 is 5.70. The summed E-state index contributed by atoms with van der Waals surface area (Å²) in [5.74, 6) is -0.789. The van der Waals surface area contributed by atoms with E-state index in [1.165, 1.54) is 0 Å². The highest BCUT2D eigenvalue weighted by Crippen LogP contribution is 2.30. The van der Waals surface area contributed by atoms with Crippen molar-refractivity contribution in [1.29, 1.82) is 0 Å². The maximum atomic E-state index is 13.1. The van der Waals surface area contributed by atoms with Crippen molar-refractivity contribution in [1.82, 2.24) is 20.9 Å². The predicted octanol–water partition coefficient (Wildman–Crippen LogP) is -0.0843. The molecule has 4 rings (SSSR count). The van der Waals surface area contributed by atoms with Gasteiger partial charge in [-0.2, -0.15) is 0 Å². The highest BCUT2D eigenvalue weighted by Gasteiger charge is 2.40. The molecule has 3 aliphatic rings. The minimum atomic E-state index is -0.584. The molecular formula is C20H26N4O4. The molecule has 2 unspecified atom stereocenters. The Hall–Kier alpha value is -2.29. The van der Waals surface area contributed by atoms with Crippen LogP contribution >= 0.6 is 0 Å². The van der Waals surface area contributed by atoms with Gasteiger partial charge in [-0.15, -0.1) is 0 Å². The number of piperidine rings is 1. The minimum Gasteiger partial charge on any atom is -0.376 e. The third-order valence-electron chi connectivity index (χ3n) is 6.04. The standard InChI is InChI=1S/C20H26N4O4/c1-28-20(7-8-21-11-20)12-22-9-13-3-2-4-14-10-24(19(27)17(13)14)15-5-6-16(25)23-18(15)26/h2-4,15,21-22H,5-12H2,1H3,(H,23,25,26). The first-order valence-electron chi connectivity index (χ1n) is 9.75. The summed E-state index contributed by atoms with van der Waals surface area (Å²) in [6.45, 7) is 3.41. The Bertz CT molecular complexity index is 803. The number of rotatable bonds is 6. The molecule has 150 valence electrons. The molecule has 8 heteroatoms. The molecule has 0 aromatic heterocycles. The molecule has 2 atom stereocenters. The molecule has 0 radical (unpaired) electrons. The van der Waals surface area contributed by atoms with Crippen LogP contribution in [0.4, 0.5) is 0 Å². The second-order valence-electron chi connectivity index (χ2n) is 7.77. The number of methoxy groups -OCH3 is 1. The van der Waals surface area contributed by atoms with Crippen molar-refractivity contribution in [2.45, 2.75) is 44.0 Å². The van der Waals surface area contributed by atoms with E-state index in [-0.39, 0.29) is 29.7 Å². The van der Waals surface area contributed by atoms with Crippen LogP contribution in [0.25, 0.3) is 0 Å². The fourth-order valence-electron chi connectivity index (χ4n) is 4.38. The average molecular weight is 386 g/mol. The van der Waals surface area contributed by atoms with Gasteiger partial charge < -0.3 is 20.3 Å². The molecule has 3 N–H and O–H groups in total. The Labute approximate surface area is 164 Å². The summed E-state index contributed by atoms with van der Waals surface area (Å²) in [5, 5.41) is 9.10. The van der Waals surface area contributed by atoms with Crippen LogP contribution in [0.5, 0.6) is 0 Å². The number of benzene rings is 1. The van der Waals surface area contributed by atoms with Crippen molar-refractivity contribution >= 4 is 17.7 Å². The molecule has 8 nitrogen and oxygen atoms in total. The van der Waals surface area contributed by atoms with Gasteiger partial charge in [-0.05, 0) is 30.5 Å². The Balaban J connectivity index is 1.46. The molecule has 3 amide bonds. The summed E-state index contributed by atoms with van der Waals surface area (Å²) in [6, 6.07) is 5.24. The van der Waals surface area contributed by atoms with Gasteiger partial charge in [-0.3, -0.25) is 19.7 Å². The van der Waals surface area contributed by atoms with E-state index in [1.54, 1.807) is 12.0 Å². The van der Waals surface area contributed by atoms with Gasteiger partial charge >= 0.3 is 0 Å². The van der Waals surface area contributed by atoms with Gasteiger partial charge in [0.15, 0.2) is 0 Å². The van der Waals surface area contributed by atoms with Gasteiger partial charge in [-0.1, -0.05) is 18.2 Å². The maximum Gasteiger partial charge on any atom is 0.255 e. The van der Waals surface area contributed by atoms with Crippen molar-refractivity contribution in [3.63, 3.8) is 0 Å². The van der Waals surface area contributed by atoms with Crippen molar-refractivity contribution in [2.75, 3.05) is 26.7 Å². The number of amides is 3. The molecule has 28 heavy (non-hydrogen) atoms. The lowest BCUT2D eigenvalue weighted by molar-refractivity contribution is -0.136. The van der Waals surface area contributed by atoms with Crippen molar-refractivity contribution in [3.05, 3.63) is 34.9 Å². The topological polar surface area (TPSA) is 99.8 Å². The van der Waals surface area contributed by atoms with E-state index in [2.05, 4.69) is 16.0 Å². The third-order valence-corrected chi connectivity index (χ3v) is 6.04. The second-order valence-corrected chi connectivity index (χ2v) is 7.77. The first-order chi connectivity index (χ1) is 13.5. The number of nitrogens with one attached hydrogen (secondary N) is 3. The van der Waals surface area contributed by atoms with Crippen LogP contribution in [-0.2, 0) is 27.4 Å². The van der Waals surface area contributed by atoms with Crippen LogP contribution in [0, 0.1) is 0 Å². The largest absolute Gasteiger partial charge is 0.376 e. The molecular weight excluding hydrogens is 360 g/mol. The summed E-state index contributed by atoms with van der Waals surface area (Å²) in [7, 11) is 1.73. The Morgan fingerprint density at radius 2 is 2.18 bits per heavy atom. The lowest BCUT2D eigenvalue weighted by Crippen LogP contribution is -2.52. The molecule has 2 saturated heterocycles. The lowest BCUT2D eigenvalue weighted by atomic mass is 10.0. The quantitative estimate of drug-likeness (QED) is 0.591. The smallest absolute Gasteiger partial charge is 0.255 e. The number of carbonyl (C=O) groups is 3.